The lowest BCUT2D eigenvalue weighted by Gasteiger charge is -2.11. The molecule has 0 saturated heterocycles. The van der Waals surface area contributed by atoms with Crippen LogP contribution in [0.5, 0.6) is 11.5 Å². The van der Waals surface area contributed by atoms with Crippen molar-refractivity contribution in [2.75, 3.05) is 6.54 Å². The molecule has 0 radical (unpaired) electrons. The van der Waals surface area contributed by atoms with Gasteiger partial charge in [-0.1, -0.05) is 22.0 Å². The summed E-state index contributed by atoms with van der Waals surface area (Å²) < 4.78 is 20.3. The summed E-state index contributed by atoms with van der Waals surface area (Å²) in [4.78, 5) is 0. The van der Waals surface area contributed by atoms with Gasteiger partial charge in [0.2, 0.25) is 0 Å². The zero-order chi connectivity index (χ0) is 13.0. The molecule has 0 aliphatic rings. The van der Waals surface area contributed by atoms with Crippen LogP contribution in [0.3, 0.4) is 0 Å². The summed E-state index contributed by atoms with van der Waals surface area (Å²) >= 11 is 3.35. The van der Waals surface area contributed by atoms with E-state index < -0.39 is 0 Å². The molecular weight excluding hydrogens is 297 g/mol. The highest BCUT2D eigenvalue weighted by molar-refractivity contribution is 9.10. The average molecular weight is 310 g/mol. The second-order valence-corrected chi connectivity index (χ2v) is 4.73. The molecule has 0 atom stereocenters. The number of halogens is 2. The van der Waals surface area contributed by atoms with E-state index in [1.54, 1.807) is 12.1 Å². The maximum absolute atomic E-state index is 13.7. The first kappa shape index (κ1) is 13.1. The molecule has 0 aliphatic heterocycles. The normalized spacial score (nSPS) is 10.4. The fourth-order valence-corrected chi connectivity index (χ4v) is 1.92. The summed E-state index contributed by atoms with van der Waals surface area (Å²) in [6.07, 6.45) is 0.457. The van der Waals surface area contributed by atoms with Gasteiger partial charge in [-0.05, 0) is 49.4 Å². The number of benzene rings is 2. The molecule has 2 aromatic rings. The molecule has 2 rings (SSSR count). The predicted molar refractivity (Wildman–Crippen MR) is 73.4 cm³/mol. The highest BCUT2D eigenvalue weighted by atomic mass is 79.9. The minimum atomic E-state index is -0.282. The van der Waals surface area contributed by atoms with E-state index >= 15 is 0 Å². The Morgan fingerprint density at radius 2 is 1.83 bits per heavy atom. The van der Waals surface area contributed by atoms with Crippen LogP contribution < -0.4 is 10.5 Å². The summed E-state index contributed by atoms with van der Waals surface area (Å²) in [5.41, 5.74) is 6.00. The first-order chi connectivity index (χ1) is 8.70. The maximum Gasteiger partial charge on any atom is 0.133 e. The van der Waals surface area contributed by atoms with Crippen LogP contribution in [0.25, 0.3) is 0 Å². The topological polar surface area (TPSA) is 35.2 Å². The molecule has 2 nitrogen and oxygen atoms in total. The standard InChI is InChI=1S/C14H13BrFNO/c15-10-4-6-11(7-5-10)18-14-3-1-2-13(16)12(14)8-9-17/h1-7H,8-9,17H2. The Hall–Kier alpha value is -1.39. The van der Waals surface area contributed by atoms with Crippen molar-refractivity contribution in [2.45, 2.75) is 6.42 Å². The lowest BCUT2D eigenvalue weighted by atomic mass is 10.1. The van der Waals surface area contributed by atoms with Crippen LogP contribution in [0.15, 0.2) is 46.9 Å². The third-order valence-corrected chi connectivity index (χ3v) is 3.04. The van der Waals surface area contributed by atoms with Crippen molar-refractivity contribution in [1.82, 2.24) is 0 Å². The van der Waals surface area contributed by atoms with Gasteiger partial charge in [0.15, 0.2) is 0 Å². The molecule has 0 bridgehead atoms. The van der Waals surface area contributed by atoms with Gasteiger partial charge in [-0.15, -0.1) is 0 Å². The fourth-order valence-electron chi connectivity index (χ4n) is 1.65. The molecule has 0 unspecified atom stereocenters. The van der Waals surface area contributed by atoms with E-state index in [0.29, 0.717) is 30.0 Å². The van der Waals surface area contributed by atoms with Crippen LogP contribution in [-0.2, 0) is 6.42 Å². The first-order valence-electron chi connectivity index (χ1n) is 5.61. The van der Waals surface area contributed by atoms with Crippen molar-refractivity contribution in [2.24, 2.45) is 5.73 Å². The van der Waals surface area contributed by atoms with Crippen LogP contribution in [0, 0.1) is 5.82 Å². The van der Waals surface area contributed by atoms with Gasteiger partial charge in [0.1, 0.15) is 17.3 Å². The van der Waals surface area contributed by atoms with Crippen LogP contribution in [0.1, 0.15) is 5.56 Å². The van der Waals surface area contributed by atoms with E-state index in [2.05, 4.69) is 15.9 Å². The van der Waals surface area contributed by atoms with Gasteiger partial charge in [-0.2, -0.15) is 0 Å². The zero-order valence-electron chi connectivity index (χ0n) is 9.70. The van der Waals surface area contributed by atoms with Gasteiger partial charge in [0, 0.05) is 10.0 Å². The second kappa shape index (κ2) is 5.98. The molecule has 0 spiro atoms. The van der Waals surface area contributed by atoms with E-state index in [4.69, 9.17) is 10.5 Å². The predicted octanol–water partition coefficient (Wildman–Crippen LogP) is 3.88. The molecule has 2 N–H and O–H groups in total. The minimum absolute atomic E-state index is 0.282. The summed E-state index contributed by atoms with van der Waals surface area (Å²) in [6.45, 7) is 0.387. The van der Waals surface area contributed by atoms with Crippen molar-refractivity contribution in [3.8, 4) is 11.5 Å². The molecule has 0 aromatic heterocycles. The van der Waals surface area contributed by atoms with Gasteiger partial charge in [0.05, 0.1) is 0 Å². The van der Waals surface area contributed by atoms with Gasteiger partial charge < -0.3 is 10.5 Å². The Bertz CT molecular complexity index is 528. The van der Waals surface area contributed by atoms with Crippen molar-refractivity contribution in [3.05, 3.63) is 58.3 Å². The molecule has 0 heterocycles. The quantitative estimate of drug-likeness (QED) is 0.930. The molecular formula is C14H13BrFNO. The van der Waals surface area contributed by atoms with Crippen LogP contribution >= 0.6 is 15.9 Å². The van der Waals surface area contributed by atoms with E-state index in [0.717, 1.165) is 4.47 Å². The van der Waals surface area contributed by atoms with Gasteiger partial charge in [-0.3, -0.25) is 0 Å². The molecule has 0 fully saturated rings. The monoisotopic (exact) mass is 309 g/mol. The van der Waals surface area contributed by atoms with Crippen molar-refractivity contribution >= 4 is 15.9 Å². The Labute approximate surface area is 114 Å². The molecule has 0 saturated carbocycles. The van der Waals surface area contributed by atoms with E-state index in [-0.39, 0.29) is 5.82 Å². The summed E-state index contributed by atoms with van der Waals surface area (Å²) in [5.74, 6) is 0.903. The van der Waals surface area contributed by atoms with Gasteiger partial charge in [0.25, 0.3) is 0 Å². The number of hydrogen-bond acceptors (Lipinski definition) is 2. The van der Waals surface area contributed by atoms with Crippen molar-refractivity contribution < 1.29 is 9.13 Å². The van der Waals surface area contributed by atoms with E-state index in [1.807, 2.05) is 24.3 Å². The third-order valence-electron chi connectivity index (χ3n) is 2.51. The Balaban J connectivity index is 2.28. The highest BCUT2D eigenvalue weighted by Gasteiger charge is 2.09. The van der Waals surface area contributed by atoms with Crippen LogP contribution in [0.4, 0.5) is 4.39 Å². The van der Waals surface area contributed by atoms with E-state index in [1.165, 1.54) is 6.07 Å². The SMILES string of the molecule is NCCc1c(F)cccc1Oc1ccc(Br)cc1. The highest BCUT2D eigenvalue weighted by Crippen LogP contribution is 2.28. The smallest absolute Gasteiger partial charge is 0.133 e. The van der Waals surface area contributed by atoms with Gasteiger partial charge >= 0.3 is 0 Å². The molecule has 0 amide bonds. The number of rotatable bonds is 4. The van der Waals surface area contributed by atoms with Crippen molar-refractivity contribution in [1.29, 1.82) is 0 Å². The zero-order valence-corrected chi connectivity index (χ0v) is 11.3. The molecule has 2 aromatic carbocycles. The van der Waals surface area contributed by atoms with Gasteiger partial charge in [-0.25, -0.2) is 4.39 Å². The molecule has 4 heteroatoms. The molecule has 0 aliphatic carbocycles. The summed E-state index contributed by atoms with van der Waals surface area (Å²) in [6, 6.07) is 12.2. The Morgan fingerprint density at radius 3 is 2.50 bits per heavy atom. The Kier molecular flexibility index (Phi) is 4.33. The molecule has 94 valence electrons. The third kappa shape index (κ3) is 3.09. The lowest BCUT2D eigenvalue weighted by Crippen LogP contribution is -2.06. The first-order valence-corrected chi connectivity index (χ1v) is 6.41. The van der Waals surface area contributed by atoms with Crippen LogP contribution in [-0.4, -0.2) is 6.54 Å². The van der Waals surface area contributed by atoms with Crippen molar-refractivity contribution in [3.63, 3.8) is 0 Å². The second-order valence-electron chi connectivity index (χ2n) is 3.81. The number of ether oxygens (including phenoxy) is 1. The number of hydrogen-bond donors (Lipinski definition) is 1. The maximum atomic E-state index is 13.7. The summed E-state index contributed by atoms with van der Waals surface area (Å²) in [5, 5.41) is 0. The van der Waals surface area contributed by atoms with Crippen LogP contribution in [0.2, 0.25) is 0 Å². The summed E-state index contributed by atoms with van der Waals surface area (Å²) in [7, 11) is 0. The lowest BCUT2D eigenvalue weighted by molar-refractivity contribution is 0.467. The average Bonchev–Trinajstić information content (AvgIpc) is 2.36. The molecule has 18 heavy (non-hydrogen) atoms. The number of nitrogens with two attached hydrogens (primary N) is 1. The van der Waals surface area contributed by atoms with E-state index in [9.17, 15) is 4.39 Å². The fraction of sp³-hybridized carbons (Fsp3) is 0.143. The Morgan fingerprint density at radius 1 is 1.11 bits per heavy atom. The minimum Gasteiger partial charge on any atom is -0.457 e. The largest absolute Gasteiger partial charge is 0.457 e.